The summed E-state index contributed by atoms with van der Waals surface area (Å²) in [6, 6.07) is 14.5. The summed E-state index contributed by atoms with van der Waals surface area (Å²) in [5.74, 6) is 0.878. The van der Waals surface area contributed by atoms with Gasteiger partial charge in [-0.15, -0.1) is 0 Å². The summed E-state index contributed by atoms with van der Waals surface area (Å²) in [4.78, 5) is 4.39. The zero-order chi connectivity index (χ0) is 19.1. The molecule has 2 aliphatic carbocycles. The Labute approximate surface area is 163 Å². The highest BCUT2D eigenvalue weighted by molar-refractivity contribution is 5.93. The molecule has 1 spiro atoms. The van der Waals surface area contributed by atoms with Crippen molar-refractivity contribution in [2.75, 3.05) is 5.73 Å². The van der Waals surface area contributed by atoms with Gasteiger partial charge < -0.3 is 10.5 Å². The van der Waals surface area contributed by atoms with E-state index in [2.05, 4.69) is 16.2 Å². The van der Waals surface area contributed by atoms with Crippen LogP contribution in [-0.2, 0) is 6.61 Å². The molecule has 5 rings (SSSR count). The maximum Gasteiger partial charge on any atom is 0.227 e. The van der Waals surface area contributed by atoms with E-state index < -0.39 is 0 Å². The van der Waals surface area contributed by atoms with Gasteiger partial charge in [0, 0.05) is 6.20 Å². The van der Waals surface area contributed by atoms with Crippen LogP contribution in [0.5, 0.6) is 5.88 Å². The number of rotatable bonds is 4. The molecule has 6 heteroatoms. The first kappa shape index (κ1) is 17.1. The van der Waals surface area contributed by atoms with Crippen LogP contribution in [0, 0.1) is 22.7 Å². The number of pyridine rings is 1. The van der Waals surface area contributed by atoms with Crippen LogP contribution in [0.25, 0.3) is 10.9 Å². The molecule has 28 heavy (non-hydrogen) atoms. The number of nitrogens with two attached hydrogens (primary N) is 1. The van der Waals surface area contributed by atoms with Gasteiger partial charge in [0.15, 0.2) is 5.82 Å². The quantitative estimate of drug-likeness (QED) is 0.739. The Bertz CT molecular complexity index is 1050. The van der Waals surface area contributed by atoms with Crippen LogP contribution in [0.3, 0.4) is 0 Å². The second-order valence-electron chi connectivity index (χ2n) is 8.16. The Morgan fingerprint density at radius 3 is 2.79 bits per heavy atom. The molecule has 3 aromatic rings. The minimum Gasteiger partial charge on any atom is -0.472 e. The summed E-state index contributed by atoms with van der Waals surface area (Å²) >= 11 is 0. The molecule has 2 fully saturated rings. The average molecular weight is 373 g/mol. The molecule has 2 aromatic heterocycles. The highest BCUT2D eigenvalue weighted by Crippen LogP contribution is 2.59. The van der Waals surface area contributed by atoms with Gasteiger partial charge in [-0.05, 0) is 49.1 Å². The summed E-state index contributed by atoms with van der Waals surface area (Å²) in [5, 5.41) is 15.1. The summed E-state index contributed by atoms with van der Waals surface area (Å²) in [7, 11) is 0. The first-order valence-electron chi connectivity index (χ1n) is 9.88. The van der Waals surface area contributed by atoms with Crippen LogP contribution in [0.1, 0.15) is 43.7 Å². The van der Waals surface area contributed by atoms with E-state index >= 15 is 0 Å². The van der Waals surface area contributed by atoms with Crippen LogP contribution in [0.2, 0.25) is 0 Å². The molecular weight excluding hydrogens is 350 g/mol. The van der Waals surface area contributed by atoms with Crippen LogP contribution >= 0.6 is 0 Å². The predicted molar refractivity (Wildman–Crippen MR) is 106 cm³/mol. The van der Waals surface area contributed by atoms with Gasteiger partial charge in [-0.2, -0.15) is 10.4 Å². The van der Waals surface area contributed by atoms with Gasteiger partial charge in [0.05, 0.1) is 23.5 Å². The van der Waals surface area contributed by atoms with Crippen molar-refractivity contribution in [1.29, 1.82) is 5.26 Å². The van der Waals surface area contributed by atoms with Gasteiger partial charge in [0.1, 0.15) is 12.0 Å². The topological polar surface area (TPSA) is 89.8 Å². The smallest absolute Gasteiger partial charge is 0.227 e. The largest absolute Gasteiger partial charge is 0.472 e. The van der Waals surface area contributed by atoms with Crippen molar-refractivity contribution in [1.82, 2.24) is 14.8 Å². The van der Waals surface area contributed by atoms with E-state index in [1.165, 1.54) is 19.3 Å². The molecule has 0 radical (unpaired) electrons. The number of nitrogen functional groups attached to an aromatic ring is 1. The SMILES string of the molecule is N#C[C@@H]1CC2(CC[C@H]1n1nc(N)c3c(OCc4ccccc4)nccc31)CC2. The van der Waals surface area contributed by atoms with E-state index in [1.807, 2.05) is 41.1 Å². The fourth-order valence-corrected chi connectivity index (χ4v) is 4.59. The van der Waals surface area contributed by atoms with Crippen molar-refractivity contribution in [3.05, 3.63) is 48.2 Å². The molecular formula is C22H23N5O. The number of fused-ring (bicyclic) bond motifs is 1. The van der Waals surface area contributed by atoms with Gasteiger partial charge in [0.2, 0.25) is 5.88 Å². The normalized spacial score (nSPS) is 22.8. The highest BCUT2D eigenvalue weighted by Gasteiger charge is 2.49. The number of anilines is 1. The fraction of sp³-hybridized carbons (Fsp3) is 0.409. The average Bonchev–Trinajstić information content (AvgIpc) is 3.40. The number of ether oxygens (including phenoxy) is 1. The summed E-state index contributed by atoms with van der Waals surface area (Å²) in [6.45, 7) is 0.421. The second-order valence-corrected chi connectivity index (χ2v) is 8.16. The fourth-order valence-electron chi connectivity index (χ4n) is 4.59. The van der Waals surface area contributed by atoms with E-state index in [-0.39, 0.29) is 12.0 Å². The van der Waals surface area contributed by atoms with Crippen LogP contribution < -0.4 is 10.5 Å². The Balaban J connectivity index is 1.47. The van der Waals surface area contributed by atoms with Crippen molar-refractivity contribution in [2.45, 2.75) is 44.8 Å². The lowest BCUT2D eigenvalue weighted by molar-refractivity contribution is 0.200. The molecule has 2 atom stereocenters. The Kier molecular flexibility index (Phi) is 3.97. The van der Waals surface area contributed by atoms with E-state index in [0.717, 1.165) is 29.3 Å². The van der Waals surface area contributed by atoms with E-state index in [0.29, 0.717) is 23.7 Å². The van der Waals surface area contributed by atoms with Gasteiger partial charge >= 0.3 is 0 Å². The maximum absolute atomic E-state index is 9.77. The summed E-state index contributed by atoms with van der Waals surface area (Å²) in [6.07, 6.45) is 7.36. The zero-order valence-corrected chi connectivity index (χ0v) is 15.7. The number of hydrogen-bond donors (Lipinski definition) is 1. The van der Waals surface area contributed by atoms with Crippen LogP contribution in [-0.4, -0.2) is 14.8 Å². The predicted octanol–water partition coefficient (Wildman–Crippen LogP) is 4.24. The third-order valence-corrected chi connectivity index (χ3v) is 6.36. The Hall–Kier alpha value is -3.07. The Morgan fingerprint density at radius 1 is 1.21 bits per heavy atom. The summed E-state index contributed by atoms with van der Waals surface area (Å²) < 4.78 is 7.92. The van der Waals surface area contributed by atoms with Crippen molar-refractivity contribution < 1.29 is 4.74 Å². The molecule has 0 unspecified atom stereocenters. The molecule has 0 bridgehead atoms. The highest BCUT2D eigenvalue weighted by atomic mass is 16.5. The summed E-state index contributed by atoms with van der Waals surface area (Å²) in [5.41, 5.74) is 8.66. The molecule has 2 aliphatic rings. The number of nitriles is 1. The number of benzene rings is 1. The molecule has 6 nitrogen and oxygen atoms in total. The first-order chi connectivity index (χ1) is 13.7. The molecule has 0 aliphatic heterocycles. The van der Waals surface area contributed by atoms with E-state index in [1.54, 1.807) is 6.20 Å². The van der Waals surface area contributed by atoms with Crippen molar-refractivity contribution in [3.63, 3.8) is 0 Å². The minimum atomic E-state index is -0.0272. The second kappa shape index (κ2) is 6.52. The number of nitrogens with zero attached hydrogens (tertiary/aromatic N) is 4. The lowest BCUT2D eigenvalue weighted by atomic mass is 9.76. The van der Waals surface area contributed by atoms with Gasteiger partial charge in [-0.1, -0.05) is 30.3 Å². The maximum atomic E-state index is 9.77. The third kappa shape index (κ3) is 2.88. The van der Waals surface area contributed by atoms with Crippen LogP contribution in [0.15, 0.2) is 42.6 Å². The van der Waals surface area contributed by atoms with Crippen molar-refractivity contribution >= 4 is 16.7 Å². The van der Waals surface area contributed by atoms with Gasteiger partial charge in [0.25, 0.3) is 0 Å². The molecule has 2 saturated carbocycles. The molecule has 142 valence electrons. The van der Waals surface area contributed by atoms with Gasteiger partial charge in [-0.3, -0.25) is 4.68 Å². The Morgan fingerprint density at radius 2 is 2.04 bits per heavy atom. The van der Waals surface area contributed by atoms with Crippen LogP contribution in [0.4, 0.5) is 5.82 Å². The standard InChI is InChI=1S/C22H23N5O/c23-13-16-12-22(9-10-22)8-6-17(16)27-18-7-11-25-21(19(18)20(24)26-27)28-14-15-4-2-1-3-5-15/h1-5,7,11,16-17H,6,8-10,12,14H2,(H2,24,26)/t16-,17+/m0/s1. The van der Waals surface area contributed by atoms with E-state index in [4.69, 9.17) is 10.5 Å². The first-order valence-corrected chi connectivity index (χ1v) is 9.88. The minimum absolute atomic E-state index is 0.0272. The van der Waals surface area contributed by atoms with E-state index in [9.17, 15) is 5.26 Å². The van der Waals surface area contributed by atoms with Crippen molar-refractivity contribution in [3.8, 4) is 11.9 Å². The van der Waals surface area contributed by atoms with Gasteiger partial charge in [-0.25, -0.2) is 4.98 Å². The molecule has 0 saturated heterocycles. The molecule has 0 amide bonds. The number of aromatic nitrogens is 3. The molecule has 2 N–H and O–H groups in total. The lowest BCUT2D eigenvalue weighted by Crippen LogP contribution is -2.28. The number of hydrogen-bond acceptors (Lipinski definition) is 5. The van der Waals surface area contributed by atoms with Crippen molar-refractivity contribution in [2.24, 2.45) is 11.3 Å². The molecule has 2 heterocycles. The lowest BCUT2D eigenvalue weighted by Gasteiger charge is -2.33. The zero-order valence-electron chi connectivity index (χ0n) is 15.7. The third-order valence-electron chi connectivity index (χ3n) is 6.36. The monoisotopic (exact) mass is 373 g/mol. The molecule has 1 aromatic carbocycles.